The van der Waals surface area contributed by atoms with Crippen molar-refractivity contribution in [3.05, 3.63) is 35.4 Å². The smallest absolute Gasteiger partial charge is 0.335 e. The number of nitrogens with one attached hydrogen (secondary N) is 1. The summed E-state index contributed by atoms with van der Waals surface area (Å²) in [6.45, 7) is 0.382. The van der Waals surface area contributed by atoms with Crippen LogP contribution in [0.1, 0.15) is 27.1 Å². The summed E-state index contributed by atoms with van der Waals surface area (Å²) in [6.07, 6.45) is 5.49. The number of amides is 1. The van der Waals surface area contributed by atoms with Crippen LogP contribution >= 0.6 is 0 Å². The molecule has 0 radical (unpaired) electrons. The fraction of sp³-hybridized carbons (Fsp3) is 0.167. The van der Waals surface area contributed by atoms with E-state index in [0.717, 1.165) is 0 Å². The van der Waals surface area contributed by atoms with Gasteiger partial charge in [-0.15, -0.1) is 12.3 Å². The number of carbonyl (C=O) groups excluding carboxylic acids is 1. The van der Waals surface area contributed by atoms with Crippen molar-refractivity contribution in [3.63, 3.8) is 0 Å². The molecular formula is C12H11NO3. The number of benzene rings is 1. The Morgan fingerprint density at radius 1 is 1.38 bits per heavy atom. The molecule has 0 saturated heterocycles. The van der Waals surface area contributed by atoms with Crippen molar-refractivity contribution in [1.29, 1.82) is 0 Å². The lowest BCUT2D eigenvalue weighted by atomic mass is 10.1. The molecule has 1 rings (SSSR count). The van der Waals surface area contributed by atoms with Gasteiger partial charge in [0, 0.05) is 18.5 Å². The van der Waals surface area contributed by atoms with Crippen molar-refractivity contribution in [2.24, 2.45) is 0 Å². The zero-order valence-corrected chi connectivity index (χ0v) is 8.56. The molecule has 1 aromatic carbocycles. The fourth-order valence-electron chi connectivity index (χ4n) is 1.14. The number of rotatable bonds is 4. The lowest BCUT2D eigenvalue weighted by Gasteiger charge is -2.03. The SMILES string of the molecule is C#CCCNC(=O)c1cccc(C(=O)O)c1. The molecule has 0 unspecified atom stereocenters. The third-order valence-corrected chi connectivity index (χ3v) is 1.93. The molecule has 0 spiro atoms. The summed E-state index contributed by atoms with van der Waals surface area (Å²) in [5, 5.41) is 11.3. The molecule has 0 aromatic heterocycles. The second-order valence-corrected chi connectivity index (χ2v) is 3.10. The van der Waals surface area contributed by atoms with E-state index in [0.29, 0.717) is 18.5 Å². The molecular weight excluding hydrogens is 206 g/mol. The van der Waals surface area contributed by atoms with E-state index in [9.17, 15) is 9.59 Å². The van der Waals surface area contributed by atoms with E-state index in [4.69, 9.17) is 11.5 Å². The van der Waals surface area contributed by atoms with E-state index < -0.39 is 5.97 Å². The summed E-state index contributed by atoms with van der Waals surface area (Å²) in [5.74, 6) is 1.02. The van der Waals surface area contributed by atoms with E-state index in [1.54, 1.807) is 6.07 Å². The highest BCUT2D eigenvalue weighted by Crippen LogP contribution is 2.05. The van der Waals surface area contributed by atoms with Gasteiger partial charge in [0.15, 0.2) is 0 Å². The van der Waals surface area contributed by atoms with E-state index in [1.165, 1.54) is 18.2 Å². The molecule has 1 amide bonds. The number of carboxylic acids is 1. The highest BCUT2D eigenvalue weighted by atomic mass is 16.4. The molecule has 1 aromatic rings. The maximum absolute atomic E-state index is 11.5. The van der Waals surface area contributed by atoms with Gasteiger partial charge in [0.25, 0.3) is 5.91 Å². The minimum Gasteiger partial charge on any atom is -0.478 e. The second-order valence-electron chi connectivity index (χ2n) is 3.10. The summed E-state index contributed by atoms with van der Waals surface area (Å²) < 4.78 is 0. The van der Waals surface area contributed by atoms with Crippen LogP contribution in [-0.4, -0.2) is 23.5 Å². The predicted molar refractivity (Wildman–Crippen MR) is 59.2 cm³/mol. The van der Waals surface area contributed by atoms with E-state index in [2.05, 4.69) is 11.2 Å². The Hall–Kier alpha value is -2.28. The second kappa shape index (κ2) is 5.56. The molecule has 2 N–H and O–H groups in total. The van der Waals surface area contributed by atoms with Crippen LogP contribution in [0.2, 0.25) is 0 Å². The van der Waals surface area contributed by atoms with Crippen LogP contribution in [0.5, 0.6) is 0 Å². The third kappa shape index (κ3) is 3.14. The summed E-state index contributed by atoms with van der Waals surface area (Å²) in [4.78, 5) is 22.2. The molecule has 4 nitrogen and oxygen atoms in total. The predicted octanol–water partition coefficient (Wildman–Crippen LogP) is 1.14. The van der Waals surface area contributed by atoms with E-state index in [-0.39, 0.29) is 11.5 Å². The number of hydrogen-bond donors (Lipinski definition) is 2. The monoisotopic (exact) mass is 217 g/mol. The minimum atomic E-state index is -1.06. The molecule has 0 aliphatic carbocycles. The van der Waals surface area contributed by atoms with Crippen LogP contribution in [-0.2, 0) is 0 Å². The number of carbonyl (C=O) groups is 2. The maximum Gasteiger partial charge on any atom is 0.335 e. The van der Waals surface area contributed by atoms with Crippen LogP contribution in [0.25, 0.3) is 0 Å². The Morgan fingerprint density at radius 3 is 2.69 bits per heavy atom. The zero-order valence-electron chi connectivity index (χ0n) is 8.56. The Labute approximate surface area is 93.3 Å². The van der Waals surface area contributed by atoms with Gasteiger partial charge in [0.2, 0.25) is 0 Å². The maximum atomic E-state index is 11.5. The van der Waals surface area contributed by atoms with Gasteiger partial charge in [-0.2, -0.15) is 0 Å². The zero-order chi connectivity index (χ0) is 12.0. The first-order valence-electron chi connectivity index (χ1n) is 4.70. The van der Waals surface area contributed by atoms with Gasteiger partial charge in [-0.05, 0) is 18.2 Å². The number of aromatic carboxylic acids is 1. The van der Waals surface area contributed by atoms with Crippen molar-refractivity contribution >= 4 is 11.9 Å². The molecule has 0 saturated carbocycles. The van der Waals surface area contributed by atoms with Crippen LogP contribution in [0, 0.1) is 12.3 Å². The molecule has 82 valence electrons. The highest BCUT2D eigenvalue weighted by Gasteiger charge is 2.08. The van der Waals surface area contributed by atoms with Crippen LogP contribution in [0.4, 0.5) is 0 Å². The summed E-state index contributed by atoms with van der Waals surface area (Å²) in [5.41, 5.74) is 0.404. The van der Waals surface area contributed by atoms with Gasteiger partial charge < -0.3 is 10.4 Å². The lowest BCUT2D eigenvalue weighted by Crippen LogP contribution is -2.24. The molecule has 0 aliphatic rings. The summed E-state index contributed by atoms with van der Waals surface area (Å²) in [7, 11) is 0. The molecule has 0 atom stereocenters. The van der Waals surface area contributed by atoms with Crippen LogP contribution in [0.3, 0.4) is 0 Å². The first-order valence-corrected chi connectivity index (χ1v) is 4.70. The molecule has 0 bridgehead atoms. The van der Waals surface area contributed by atoms with Crippen LogP contribution < -0.4 is 5.32 Å². The Balaban J connectivity index is 2.73. The molecule has 4 heteroatoms. The van der Waals surface area contributed by atoms with Gasteiger partial charge >= 0.3 is 5.97 Å². The van der Waals surface area contributed by atoms with Crippen molar-refractivity contribution in [1.82, 2.24) is 5.32 Å². The first kappa shape index (κ1) is 11.8. The summed E-state index contributed by atoms with van der Waals surface area (Å²) in [6, 6.07) is 5.84. The minimum absolute atomic E-state index is 0.0876. The molecule has 0 aliphatic heterocycles. The number of hydrogen-bond acceptors (Lipinski definition) is 2. The average molecular weight is 217 g/mol. The van der Waals surface area contributed by atoms with E-state index >= 15 is 0 Å². The Bertz CT molecular complexity index is 446. The van der Waals surface area contributed by atoms with Crippen molar-refractivity contribution in [2.75, 3.05) is 6.54 Å². The van der Waals surface area contributed by atoms with Gasteiger partial charge in [-0.25, -0.2) is 4.79 Å². The van der Waals surface area contributed by atoms with Crippen molar-refractivity contribution in [2.45, 2.75) is 6.42 Å². The summed E-state index contributed by atoms with van der Waals surface area (Å²) >= 11 is 0. The topological polar surface area (TPSA) is 66.4 Å². The number of carboxylic acid groups (broad SMARTS) is 1. The van der Waals surface area contributed by atoms with Gasteiger partial charge in [-0.3, -0.25) is 4.79 Å². The van der Waals surface area contributed by atoms with Crippen molar-refractivity contribution < 1.29 is 14.7 Å². The number of terminal acetylenes is 1. The first-order chi connectivity index (χ1) is 7.65. The van der Waals surface area contributed by atoms with Crippen LogP contribution in [0.15, 0.2) is 24.3 Å². The van der Waals surface area contributed by atoms with Gasteiger partial charge in [-0.1, -0.05) is 6.07 Å². The normalized spacial score (nSPS) is 9.19. The average Bonchev–Trinajstić information content (AvgIpc) is 2.29. The Morgan fingerprint density at radius 2 is 2.06 bits per heavy atom. The standard InChI is InChI=1S/C12H11NO3/c1-2-3-7-13-11(14)9-5-4-6-10(8-9)12(15)16/h1,4-6,8H,3,7H2,(H,13,14)(H,15,16). The fourth-order valence-corrected chi connectivity index (χ4v) is 1.14. The Kier molecular flexibility index (Phi) is 4.10. The van der Waals surface area contributed by atoms with Crippen molar-refractivity contribution in [3.8, 4) is 12.3 Å². The molecule has 16 heavy (non-hydrogen) atoms. The quantitative estimate of drug-likeness (QED) is 0.587. The van der Waals surface area contributed by atoms with Gasteiger partial charge in [0.05, 0.1) is 5.56 Å². The highest BCUT2D eigenvalue weighted by molar-refractivity contribution is 5.97. The molecule has 0 fully saturated rings. The largest absolute Gasteiger partial charge is 0.478 e. The lowest BCUT2D eigenvalue weighted by molar-refractivity contribution is 0.0697. The molecule has 0 heterocycles. The van der Waals surface area contributed by atoms with E-state index in [1.807, 2.05) is 0 Å². The van der Waals surface area contributed by atoms with Gasteiger partial charge in [0.1, 0.15) is 0 Å². The third-order valence-electron chi connectivity index (χ3n) is 1.93.